The minimum atomic E-state index is 0.945. The molecule has 0 nitrogen and oxygen atoms in total. The summed E-state index contributed by atoms with van der Waals surface area (Å²) in [5, 5.41) is 0. The van der Waals surface area contributed by atoms with Gasteiger partial charge in [0, 0.05) is 0 Å². The van der Waals surface area contributed by atoms with Gasteiger partial charge in [-0.05, 0) is 77.1 Å². The van der Waals surface area contributed by atoms with E-state index in [0.717, 1.165) is 11.8 Å². The Morgan fingerprint density at radius 2 is 0.966 bits per heavy atom. The summed E-state index contributed by atoms with van der Waals surface area (Å²) in [6.45, 7) is 4.65. The number of rotatable bonds is 11. The molecular weight excluding hydrogens is 429 g/mol. The molecule has 0 aromatic rings. The lowest BCUT2D eigenvalue weighted by Crippen LogP contribution is -2.10. The summed E-state index contributed by atoms with van der Waals surface area (Å²) in [6.07, 6.45) is 19.0. The van der Waals surface area contributed by atoms with Gasteiger partial charge in [-0.15, -0.1) is 0 Å². The van der Waals surface area contributed by atoms with E-state index in [1.165, 1.54) is 129 Å². The maximum absolute atomic E-state index is 2.35. The molecule has 2 fully saturated rings. The molecule has 2 rings (SSSR count). The Kier molecular flexibility index (Phi) is 22.1. The molecule has 0 radical (unpaired) electrons. The topological polar surface area (TPSA) is 0 Å². The van der Waals surface area contributed by atoms with Gasteiger partial charge in [-0.25, -0.2) is 0 Å². The van der Waals surface area contributed by atoms with Gasteiger partial charge < -0.3 is 0 Å². The third-order valence-electron chi connectivity index (χ3n) is 5.63. The molecule has 2 heterocycles. The van der Waals surface area contributed by atoms with Crippen molar-refractivity contribution in [1.29, 1.82) is 0 Å². The van der Waals surface area contributed by atoms with Crippen LogP contribution in [0.3, 0.4) is 0 Å². The van der Waals surface area contributed by atoms with E-state index in [0.29, 0.717) is 0 Å². The smallest absolute Gasteiger partial charge is 0.00312 e. The van der Waals surface area contributed by atoms with Gasteiger partial charge in [0.05, 0.1) is 0 Å². The first kappa shape index (κ1) is 28.4. The zero-order valence-electron chi connectivity index (χ0n) is 19.6. The Morgan fingerprint density at radius 3 is 1.45 bits per heavy atom. The Hall–Kier alpha value is 1.40. The Bertz CT molecular complexity index is 308. The predicted octanol–water partition coefficient (Wildman–Crippen LogP) is 9.28. The molecule has 0 bridgehead atoms. The first-order chi connectivity index (χ1) is 14.3. The quantitative estimate of drug-likeness (QED) is 0.271. The van der Waals surface area contributed by atoms with Crippen molar-refractivity contribution in [2.24, 2.45) is 11.8 Å². The monoisotopic (exact) mass is 478 g/mol. The molecule has 2 saturated heterocycles. The van der Waals surface area contributed by atoms with Crippen LogP contribution in [0.1, 0.15) is 97.3 Å². The summed E-state index contributed by atoms with van der Waals surface area (Å²) in [7, 11) is 0. The van der Waals surface area contributed by atoms with Gasteiger partial charge in [0.25, 0.3) is 0 Å². The number of hydrogen-bond acceptors (Lipinski definition) is 4. The molecule has 4 heteroatoms. The lowest BCUT2D eigenvalue weighted by molar-refractivity contribution is 0.513. The number of unbranched alkanes of at least 4 members (excludes halogenated alkanes) is 9. The highest BCUT2D eigenvalue weighted by atomic mass is 32.2. The van der Waals surface area contributed by atoms with Crippen molar-refractivity contribution < 1.29 is 0 Å². The summed E-state index contributed by atoms with van der Waals surface area (Å²) in [6, 6.07) is 0. The molecule has 29 heavy (non-hydrogen) atoms. The summed E-state index contributed by atoms with van der Waals surface area (Å²) >= 11 is 8.66. The van der Waals surface area contributed by atoms with Crippen molar-refractivity contribution in [2.75, 3.05) is 46.0 Å². The van der Waals surface area contributed by atoms with Crippen LogP contribution in [0.4, 0.5) is 0 Å². The van der Waals surface area contributed by atoms with Gasteiger partial charge in [0.1, 0.15) is 0 Å². The number of thioether (sulfide) groups is 4. The van der Waals surface area contributed by atoms with Crippen molar-refractivity contribution in [3.8, 4) is 0 Å². The molecular formula is C25H50S4. The van der Waals surface area contributed by atoms with Gasteiger partial charge in [-0.2, -0.15) is 47.0 Å². The second kappa shape index (κ2) is 22.6. The minimum absolute atomic E-state index is 0.945. The highest BCUT2D eigenvalue weighted by Gasteiger charge is 2.11. The molecule has 0 spiro atoms. The second-order valence-electron chi connectivity index (χ2n) is 8.95. The summed E-state index contributed by atoms with van der Waals surface area (Å²) in [4.78, 5) is 0. The van der Waals surface area contributed by atoms with Crippen molar-refractivity contribution in [3.05, 3.63) is 0 Å². The average molecular weight is 479 g/mol. The standard InChI is InChI=1S/C18H36S2.C7H14S2/c1-2-3-4-5-6-7-8-9-10-11-13-18-16-19-14-12-15-20-17-18;1-7-5-8-3-2-4-9-6-7/h18H,2-17H2,1H3;7H,2-6H2,1H3. The van der Waals surface area contributed by atoms with E-state index in [2.05, 4.69) is 60.9 Å². The van der Waals surface area contributed by atoms with Crippen molar-refractivity contribution >= 4 is 47.0 Å². The summed E-state index contributed by atoms with van der Waals surface area (Å²) in [5.41, 5.74) is 0. The fourth-order valence-corrected chi connectivity index (χ4v) is 8.78. The van der Waals surface area contributed by atoms with E-state index < -0.39 is 0 Å². The summed E-state index contributed by atoms with van der Waals surface area (Å²) < 4.78 is 0. The van der Waals surface area contributed by atoms with E-state index in [1.54, 1.807) is 0 Å². The first-order valence-corrected chi connectivity index (χ1v) is 17.3. The van der Waals surface area contributed by atoms with E-state index in [1.807, 2.05) is 0 Å². The Morgan fingerprint density at radius 1 is 0.552 bits per heavy atom. The largest absolute Gasteiger partial charge is 0.162 e. The Labute approximate surface area is 201 Å². The van der Waals surface area contributed by atoms with Gasteiger partial charge in [-0.3, -0.25) is 0 Å². The van der Waals surface area contributed by atoms with Crippen LogP contribution in [0, 0.1) is 11.8 Å². The minimum Gasteiger partial charge on any atom is -0.162 e. The Balaban J connectivity index is 0.000000387. The molecule has 174 valence electrons. The van der Waals surface area contributed by atoms with Gasteiger partial charge >= 0.3 is 0 Å². The van der Waals surface area contributed by atoms with Crippen LogP contribution >= 0.6 is 47.0 Å². The molecule has 0 aromatic carbocycles. The maximum Gasteiger partial charge on any atom is -0.00312 e. The molecule has 0 atom stereocenters. The molecule has 0 unspecified atom stereocenters. The predicted molar refractivity (Wildman–Crippen MR) is 148 cm³/mol. The van der Waals surface area contributed by atoms with Crippen LogP contribution in [-0.2, 0) is 0 Å². The van der Waals surface area contributed by atoms with Gasteiger partial charge in [0.2, 0.25) is 0 Å². The number of hydrogen-bond donors (Lipinski definition) is 0. The highest BCUT2D eigenvalue weighted by Crippen LogP contribution is 2.25. The van der Waals surface area contributed by atoms with E-state index >= 15 is 0 Å². The van der Waals surface area contributed by atoms with Crippen LogP contribution < -0.4 is 0 Å². The second-order valence-corrected chi connectivity index (χ2v) is 13.5. The summed E-state index contributed by atoms with van der Waals surface area (Å²) in [5.74, 6) is 13.2. The zero-order valence-corrected chi connectivity index (χ0v) is 22.9. The SMILES string of the molecule is CC1CSCCCSC1.CCCCCCCCCCCCC1CSCCCSC1. The third kappa shape index (κ3) is 19.8. The third-order valence-corrected chi connectivity index (χ3v) is 11.0. The van der Waals surface area contributed by atoms with Crippen LogP contribution in [0.15, 0.2) is 0 Å². The average Bonchev–Trinajstić information content (AvgIpc) is 2.68. The zero-order chi connectivity index (χ0) is 20.8. The fourth-order valence-electron chi connectivity index (χ4n) is 3.78. The molecule has 0 aromatic heterocycles. The van der Waals surface area contributed by atoms with Crippen LogP contribution in [0.2, 0.25) is 0 Å². The molecule has 2 aliphatic heterocycles. The van der Waals surface area contributed by atoms with E-state index in [-0.39, 0.29) is 0 Å². The maximum atomic E-state index is 2.35. The normalized spacial score (nSPS) is 20.1. The fraction of sp³-hybridized carbons (Fsp3) is 1.00. The molecule has 0 N–H and O–H groups in total. The van der Waals surface area contributed by atoms with Crippen molar-refractivity contribution in [1.82, 2.24) is 0 Å². The van der Waals surface area contributed by atoms with Crippen molar-refractivity contribution in [3.63, 3.8) is 0 Å². The lowest BCUT2D eigenvalue weighted by Gasteiger charge is -2.18. The van der Waals surface area contributed by atoms with Crippen LogP contribution in [-0.4, -0.2) is 46.0 Å². The lowest BCUT2D eigenvalue weighted by atomic mass is 10.0. The molecule has 0 aliphatic carbocycles. The highest BCUT2D eigenvalue weighted by molar-refractivity contribution is 8.01. The van der Waals surface area contributed by atoms with Crippen molar-refractivity contribution in [2.45, 2.75) is 97.3 Å². The first-order valence-electron chi connectivity index (χ1n) is 12.6. The molecule has 0 amide bonds. The van der Waals surface area contributed by atoms with Crippen LogP contribution in [0.25, 0.3) is 0 Å². The van der Waals surface area contributed by atoms with Gasteiger partial charge in [0.15, 0.2) is 0 Å². The van der Waals surface area contributed by atoms with Gasteiger partial charge in [-0.1, -0.05) is 78.1 Å². The molecule has 0 saturated carbocycles. The van der Waals surface area contributed by atoms with E-state index in [9.17, 15) is 0 Å². The molecule has 2 aliphatic rings. The van der Waals surface area contributed by atoms with E-state index in [4.69, 9.17) is 0 Å². The van der Waals surface area contributed by atoms with Crippen LogP contribution in [0.5, 0.6) is 0 Å².